The van der Waals surface area contributed by atoms with Gasteiger partial charge in [-0.25, -0.2) is 0 Å². The molecule has 0 unspecified atom stereocenters. The highest BCUT2D eigenvalue weighted by atomic mass is 79.9. The lowest BCUT2D eigenvalue weighted by atomic mass is 10.2. The fraction of sp³-hybridized carbons (Fsp3) is 0.200. The van der Waals surface area contributed by atoms with Crippen molar-refractivity contribution in [2.24, 2.45) is 0 Å². The van der Waals surface area contributed by atoms with Crippen molar-refractivity contribution in [3.05, 3.63) is 52.4 Å². The number of benzene rings is 1. The molecule has 2 aromatic rings. The van der Waals surface area contributed by atoms with Crippen molar-refractivity contribution < 1.29 is 9.21 Å². The van der Waals surface area contributed by atoms with Gasteiger partial charge < -0.3 is 9.73 Å². The fourth-order valence-corrected chi connectivity index (χ4v) is 2.21. The standard InChI is InChI=1S/C15H14BrN3O2/c1-19(9-13-5-6-14(16)21-13)10-15(20)18-12-4-2-3-11(7-12)8-17/h2-7H,9-10H2,1H3,(H,18,20). The Balaban J connectivity index is 1.87. The van der Waals surface area contributed by atoms with Crippen molar-refractivity contribution in [2.45, 2.75) is 6.54 Å². The molecule has 1 aromatic carbocycles. The monoisotopic (exact) mass is 347 g/mol. The first-order valence-corrected chi connectivity index (χ1v) is 7.09. The number of halogens is 1. The Morgan fingerprint density at radius 2 is 2.24 bits per heavy atom. The third-order valence-corrected chi connectivity index (χ3v) is 3.17. The molecule has 21 heavy (non-hydrogen) atoms. The zero-order chi connectivity index (χ0) is 15.2. The predicted octanol–water partition coefficient (Wildman–Crippen LogP) is 2.98. The summed E-state index contributed by atoms with van der Waals surface area (Å²) in [5.41, 5.74) is 1.13. The molecule has 0 fully saturated rings. The van der Waals surface area contributed by atoms with Crippen molar-refractivity contribution in [1.29, 1.82) is 5.26 Å². The Bertz CT molecular complexity index is 676. The van der Waals surface area contributed by atoms with Crippen LogP contribution in [-0.2, 0) is 11.3 Å². The van der Waals surface area contributed by atoms with Crippen LogP contribution >= 0.6 is 15.9 Å². The third-order valence-electron chi connectivity index (χ3n) is 2.74. The lowest BCUT2D eigenvalue weighted by Gasteiger charge is -2.14. The van der Waals surface area contributed by atoms with E-state index >= 15 is 0 Å². The van der Waals surface area contributed by atoms with E-state index in [0.717, 1.165) is 5.76 Å². The van der Waals surface area contributed by atoms with Gasteiger partial charge in [-0.05, 0) is 53.3 Å². The van der Waals surface area contributed by atoms with Gasteiger partial charge >= 0.3 is 0 Å². The van der Waals surface area contributed by atoms with E-state index in [0.29, 0.717) is 22.5 Å². The lowest BCUT2D eigenvalue weighted by Crippen LogP contribution is -2.29. The summed E-state index contributed by atoms with van der Waals surface area (Å²) in [6.45, 7) is 0.770. The van der Waals surface area contributed by atoms with Gasteiger partial charge in [0.25, 0.3) is 0 Å². The number of likely N-dealkylation sites (N-methyl/N-ethyl adjacent to an activating group) is 1. The average molecular weight is 348 g/mol. The zero-order valence-corrected chi connectivity index (χ0v) is 13.1. The number of hydrogen-bond donors (Lipinski definition) is 1. The minimum atomic E-state index is -0.141. The topological polar surface area (TPSA) is 69.3 Å². The Kier molecular flexibility index (Phi) is 5.14. The van der Waals surface area contributed by atoms with Crippen LogP contribution in [0, 0.1) is 11.3 Å². The number of nitrogens with one attached hydrogen (secondary N) is 1. The van der Waals surface area contributed by atoms with Crippen LogP contribution in [0.2, 0.25) is 0 Å². The summed E-state index contributed by atoms with van der Waals surface area (Å²) < 4.78 is 6.06. The minimum Gasteiger partial charge on any atom is -0.453 e. The minimum absolute atomic E-state index is 0.141. The average Bonchev–Trinajstić information content (AvgIpc) is 2.83. The van der Waals surface area contributed by atoms with E-state index in [-0.39, 0.29) is 12.5 Å². The maximum Gasteiger partial charge on any atom is 0.238 e. The molecule has 108 valence electrons. The van der Waals surface area contributed by atoms with Crippen LogP contribution in [0.4, 0.5) is 5.69 Å². The summed E-state index contributed by atoms with van der Waals surface area (Å²) in [5.74, 6) is 0.641. The summed E-state index contributed by atoms with van der Waals surface area (Å²) in [6.07, 6.45) is 0. The maximum atomic E-state index is 11.9. The molecule has 5 nitrogen and oxygen atoms in total. The van der Waals surface area contributed by atoms with Gasteiger partial charge in [0.15, 0.2) is 4.67 Å². The van der Waals surface area contributed by atoms with Crippen LogP contribution < -0.4 is 5.32 Å². The Morgan fingerprint density at radius 1 is 1.43 bits per heavy atom. The summed E-state index contributed by atoms with van der Waals surface area (Å²) in [7, 11) is 1.84. The molecule has 0 saturated carbocycles. The molecule has 0 spiro atoms. The normalized spacial score (nSPS) is 10.4. The number of furan rings is 1. The molecule has 0 aliphatic heterocycles. The number of nitrogens with zero attached hydrogens (tertiary/aromatic N) is 2. The van der Waals surface area contributed by atoms with E-state index in [1.807, 2.05) is 30.1 Å². The maximum absolute atomic E-state index is 11.9. The second-order valence-corrected chi connectivity index (χ2v) is 5.40. The van der Waals surface area contributed by atoms with Gasteiger partial charge in [-0.2, -0.15) is 5.26 Å². The molecular weight excluding hydrogens is 334 g/mol. The van der Waals surface area contributed by atoms with Gasteiger partial charge in [0, 0.05) is 5.69 Å². The van der Waals surface area contributed by atoms with Crippen LogP contribution in [0.3, 0.4) is 0 Å². The van der Waals surface area contributed by atoms with Crippen LogP contribution in [0.15, 0.2) is 45.5 Å². The Morgan fingerprint density at radius 3 is 2.90 bits per heavy atom. The summed E-state index contributed by atoms with van der Waals surface area (Å²) >= 11 is 3.24. The lowest BCUT2D eigenvalue weighted by molar-refractivity contribution is -0.117. The second kappa shape index (κ2) is 7.07. The molecule has 0 aliphatic rings. The largest absolute Gasteiger partial charge is 0.453 e. The highest BCUT2D eigenvalue weighted by molar-refractivity contribution is 9.10. The summed E-state index contributed by atoms with van der Waals surface area (Å²) in [6, 6.07) is 12.5. The number of carbonyl (C=O) groups excluding carboxylic acids is 1. The van der Waals surface area contributed by atoms with E-state index in [2.05, 4.69) is 21.2 Å². The number of nitriles is 1. The van der Waals surface area contributed by atoms with Gasteiger partial charge in [-0.3, -0.25) is 9.69 Å². The molecule has 2 rings (SSSR count). The van der Waals surface area contributed by atoms with Gasteiger partial charge in [0.05, 0.1) is 24.7 Å². The summed E-state index contributed by atoms with van der Waals surface area (Å²) in [4.78, 5) is 13.8. The first kappa shape index (κ1) is 15.3. The molecule has 0 radical (unpaired) electrons. The Hall–Kier alpha value is -2.10. The zero-order valence-electron chi connectivity index (χ0n) is 11.5. The van der Waals surface area contributed by atoms with E-state index in [4.69, 9.17) is 9.68 Å². The molecule has 0 aliphatic carbocycles. The van der Waals surface area contributed by atoms with Crippen LogP contribution in [-0.4, -0.2) is 24.4 Å². The van der Waals surface area contributed by atoms with Crippen molar-refractivity contribution in [3.8, 4) is 6.07 Å². The third kappa shape index (κ3) is 4.74. The molecule has 1 heterocycles. The fourth-order valence-electron chi connectivity index (χ4n) is 1.87. The molecule has 0 saturated heterocycles. The van der Waals surface area contributed by atoms with Crippen molar-refractivity contribution >= 4 is 27.5 Å². The van der Waals surface area contributed by atoms with E-state index in [1.54, 1.807) is 24.3 Å². The molecule has 0 bridgehead atoms. The highest BCUT2D eigenvalue weighted by Gasteiger charge is 2.09. The van der Waals surface area contributed by atoms with Gasteiger partial charge in [-0.15, -0.1) is 0 Å². The molecule has 6 heteroatoms. The highest BCUT2D eigenvalue weighted by Crippen LogP contribution is 2.15. The number of amides is 1. The van der Waals surface area contributed by atoms with Crippen molar-refractivity contribution in [1.82, 2.24) is 4.90 Å². The van der Waals surface area contributed by atoms with Gasteiger partial charge in [0.1, 0.15) is 5.76 Å². The quantitative estimate of drug-likeness (QED) is 0.902. The number of anilines is 1. The summed E-state index contributed by atoms with van der Waals surface area (Å²) in [5, 5.41) is 11.6. The van der Waals surface area contributed by atoms with Crippen LogP contribution in [0.25, 0.3) is 0 Å². The SMILES string of the molecule is CN(CC(=O)Nc1cccc(C#N)c1)Cc1ccc(Br)o1. The first-order chi connectivity index (χ1) is 10.1. The van der Waals surface area contributed by atoms with Gasteiger partial charge in [-0.1, -0.05) is 6.07 Å². The second-order valence-electron chi connectivity index (χ2n) is 4.62. The van der Waals surface area contributed by atoms with E-state index in [9.17, 15) is 4.79 Å². The van der Waals surface area contributed by atoms with Crippen LogP contribution in [0.1, 0.15) is 11.3 Å². The van der Waals surface area contributed by atoms with E-state index in [1.165, 1.54) is 0 Å². The number of carbonyl (C=O) groups is 1. The molecule has 0 atom stereocenters. The van der Waals surface area contributed by atoms with Crippen molar-refractivity contribution in [3.63, 3.8) is 0 Å². The molecular formula is C15H14BrN3O2. The van der Waals surface area contributed by atoms with Gasteiger partial charge in [0.2, 0.25) is 5.91 Å². The van der Waals surface area contributed by atoms with E-state index < -0.39 is 0 Å². The van der Waals surface area contributed by atoms with Crippen molar-refractivity contribution in [2.75, 3.05) is 18.9 Å². The molecule has 1 aromatic heterocycles. The smallest absolute Gasteiger partial charge is 0.238 e. The molecule has 1 amide bonds. The first-order valence-electron chi connectivity index (χ1n) is 6.29. The molecule has 1 N–H and O–H groups in total. The number of rotatable bonds is 5. The Labute approximate surface area is 131 Å². The number of hydrogen-bond acceptors (Lipinski definition) is 4. The van der Waals surface area contributed by atoms with Crippen LogP contribution in [0.5, 0.6) is 0 Å². The predicted molar refractivity (Wildman–Crippen MR) is 82.5 cm³/mol.